The second-order valence-electron chi connectivity index (χ2n) is 4.69. The average molecular weight is 334 g/mol. The topological polar surface area (TPSA) is 115 Å². The first-order valence-corrected chi connectivity index (χ1v) is 8.31. The average Bonchev–Trinajstić information content (AvgIpc) is 3.06. The Labute approximate surface area is 137 Å². The van der Waals surface area contributed by atoms with Gasteiger partial charge < -0.3 is 16.4 Å². The lowest BCUT2D eigenvalue weighted by molar-refractivity contribution is -0.117. The van der Waals surface area contributed by atoms with Crippen molar-refractivity contribution in [2.24, 2.45) is 5.73 Å². The number of primary amides is 1. The van der Waals surface area contributed by atoms with Gasteiger partial charge >= 0.3 is 6.03 Å². The third kappa shape index (κ3) is 4.99. The van der Waals surface area contributed by atoms with Gasteiger partial charge in [-0.3, -0.25) is 4.79 Å². The number of nitrogens with one attached hydrogen (secondary N) is 2. The third-order valence-corrected chi connectivity index (χ3v) is 3.64. The summed E-state index contributed by atoms with van der Waals surface area (Å²) in [5.41, 5.74) is 5.65. The van der Waals surface area contributed by atoms with E-state index < -0.39 is 12.1 Å². The van der Waals surface area contributed by atoms with E-state index in [-0.39, 0.29) is 5.91 Å². The van der Waals surface area contributed by atoms with Crippen molar-refractivity contribution in [2.75, 3.05) is 17.3 Å². The zero-order valence-corrected chi connectivity index (χ0v) is 13.4. The molecule has 0 bridgehead atoms. The molecule has 0 spiro atoms. The van der Waals surface area contributed by atoms with Gasteiger partial charge in [-0.15, -0.1) is 0 Å². The Kier molecular flexibility index (Phi) is 5.98. The van der Waals surface area contributed by atoms with Crippen molar-refractivity contribution in [1.82, 2.24) is 20.1 Å². The highest BCUT2D eigenvalue weighted by molar-refractivity contribution is 7.98. The zero-order chi connectivity index (χ0) is 16.7. The summed E-state index contributed by atoms with van der Waals surface area (Å²) in [5, 5.41) is 9.24. The monoisotopic (exact) mass is 334 g/mol. The second kappa shape index (κ2) is 8.18. The number of nitrogens with two attached hydrogens (primary N) is 1. The summed E-state index contributed by atoms with van der Waals surface area (Å²) < 4.78 is 1.61. The Hall–Kier alpha value is -2.55. The first kappa shape index (κ1) is 16.8. The highest BCUT2D eigenvalue weighted by Gasteiger charge is 2.19. The van der Waals surface area contributed by atoms with Crippen LogP contribution in [0.1, 0.15) is 6.42 Å². The molecule has 1 atom stereocenters. The predicted molar refractivity (Wildman–Crippen MR) is 89.5 cm³/mol. The van der Waals surface area contributed by atoms with E-state index in [1.165, 1.54) is 6.20 Å². The van der Waals surface area contributed by atoms with Gasteiger partial charge in [-0.25, -0.2) is 14.5 Å². The summed E-state index contributed by atoms with van der Waals surface area (Å²) in [7, 11) is 0. The smallest absolute Gasteiger partial charge is 0.312 e. The number of anilines is 1. The molecule has 0 unspecified atom stereocenters. The second-order valence-corrected chi connectivity index (χ2v) is 5.67. The van der Waals surface area contributed by atoms with Gasteiger partial charge in [-0.2, -0.15) is 16.9 Å². The Bertz CT molecular complexity index is 644. The molecule has 0 saturated carbocycles. The number of carbonyl (C=O) groups excluding carboxylic acids is 2. The van der Waals surface area contributed by atoms with E-state index in [4.69, 9.17) is 5.73 Å². The normalized spacial score (nSPS) is 11.7. The lowest BCUT2D eigenvalue weighted by Crippen LogP contribution is -2.46. The van der Waals surface area contributed by atoms with Gasteiger partial charge in [-0.05, 0) is 36.6 Å². The molecule has 4 N–H and O–H groups in total. The highest BCUT2D eigenvalue weighted by Crippen LogP contribution is 2.10. The van der Waals surface area contributed by atoms with Crippen molar-refractivity contribution in [1.29, 1.82) is 0 Å². The van der Waals surface area contributed by atoms with Gasteiger partial charge in [0, 0.05) is 12.4 Å². The maximum Gasteiger partial charge on any atom is 0.312 e. The third-order valence-electron chi connectivity index (χ3n) is 3.00. The minimum atomic E-state index is -0.724. The Balaban J connectivity index is 2.01. The first-order valence-electron chi connectivity index (χ1n) is 6.92. The molecular formula is C14H18N6O2S. The SMILES string of the molecule is CSCC[C@@H](NC(N)=O)C(=O)Nc1ccc(-n2cccn2)nc1. The van der Waals surface area contributed by atoms with Gasteiger partial charge in [0.15, 0.2) is 5.82 Å². The molecule has 23 heavy (non-hydrogen) atoms. The van der Waals surface area contributed by atoms with Crippen molar-refractivity contribution >= 4 is 29.4 Å². The van der Waals surface area contributed by atoms with Crippen molar-refractivity contribution < 1.29 is 9.59 Å². The van der Waals surface area contributed by atoms with Gasteiger partial charge in [0.1, 0.15) is 6.04 Å². The fraction of sp³-hybridized carbons (Fsp3) is 0.286. The first-order chi connectivity index (χ1) is 11.1. The number of hydrogen-bond acceptors (Lipinski definition) is 5. The molecule has 0 aromatic carbocycles. The van der Waals surface area contributed by atoms with Crippen LogP contribution < -0.4 is 16.4 Å². The van der Waals surface area contributed by atoms with E-state index in [0.29, 0.717) is 17.9 Å². The molecule has 2 rings (SSSR count). The number of hydrogen-bond donors (Lipinski definition) is 3. The summed E-state index contributed by atoms with van der Waals surface area (Å²) in [4.78, 5) is 27.5. The minimum Gasteiger partial charge on any atom is -0.352 e. The molecule has 8 nitrogen and oxygen atoms in total. The van der Waals surface area contributed by atoms with E-state index >= 15 is 0 Å². The van der Waals surface area contributed by atoms with Gasteiger partial charge in [0.25, 0.3) is 0 Å². The lowest BCUT2D eigenvalue weighted by Gasteiger charge is -2.16. The van der Waals surface area contributed by atoms with E-state index in [1.54, 1.807) is 47.0 Å². The van der Waals surface area contributed by atoms with Crippen LogP contribution in [0, 0.1) is 0 Å². The highest BCUT2D eigenvalue weighted by atomic mass is 32.2. The van der Waals surface area contributed by atoms with Gasteiger partial charge in [-0.1, -0.05) is 0 Å². The number of pyridine rings is 1. The van der Waals surface area contributed by atoms with Gasteiger partial charge in [0.05, 0.1) is 11.9 Å². The van der Waals surface area contributed by atoms with Gasteiger partial charge in [0.2, 0.25) is 5.91 Å². The van der Waals surface area contributed by atoms with E-state index in [2.05, 4.69) is 20.7 Å². The number of aromatic nitrogens is 3. The van der Waals surface area contributed by atoms with Crippen molar-refractivity contribution in [3.63, 3.8) is 0 Å². The molecule has 0 aliphatic rings. The Morgan fingerprint density at radius 2 is 2.26 bits per heavy atom. The quantitative estimate of drug-likeness (QED) is 0.698. The summed E-state index contributed by atoms with van der Waals surface area (Å²) in [5.74, 6) is 1.04. The summed E-state index contributed by atoms with van der Waals surface area (Å²) in [6, 6.07) is 3.85. The number of thioether (sulfide) groups is 1. The summed E-state index contributed by atoms with van der Waals surface area (Å²) >= 11 is 1.59. The lowest BCUT2D eigenvalue weighted by atomic mass is 10.2. The molecule has 0 saturated heterocycles. The van der Waals surface area contributed by atoms with Crippen LogP contribution in [0.5, 0.6) is 0 Å². The number of urea groups is 1. The number of nitrogens with zero attached hydrogens (tertiary/aromatic N) is 3. The van der Waals surface area contributed by atoms with Crippen molar-refractivity contribution in [3.05, 3.63) is 36.8 Å². The standard InChI is InChI=1S/C14H18N6O2S/c1-23-8-5-11(19-14(15)22)13(21)18-10-3-4-12(16-9-10)20-7-2-6-17-20/h2-4,6-7,9,11H,5,8H2,1H3,(H,18,21)(H3,15,19,22)/t11-/m1/s1. The fourth-order valence-electron chi connectivity index (χ4n) is 1.91. The Morgan fingerprint density at radius 3 is 2.83 bits per heavy atom. The minimum absolute atomic E-state index is 0.327. The van der Waals surface area contributed by atoms with E-state index in [0.717, 1.165) is 5.75 Å². The largest absolute Gasteiger partial charge is 0.352 e. The number of carbonyl (C=O) groups is 2. The van der Waals surface area contributed by atoms with Crippen molar-refractivity contribution in [2.45, 2.75) is 12.5 Å². The van der Waals surface area contributed by atoms with Crippen LogP contribution >= 0.6 is 11.8 Å². The molecule has 9 heteroatoms. The predicted octanol–water partition coefficient (Wildman–Crippen LogP) is 0.996. The maximum absolute atomic E-state index is 12.2. The van der Waals surface area contributed by atoms with Crippen LogP contribution in [0.25, 0.3) is 5.82 Å². The van der Waals surface area contributed by atoms with Crippen molar-refractivity contribution in [3.8, 4) is 5.82 Å². The van der Waals surface area contributed by atoms with E-state index in [9.17, 15) is 9.59 Å². The number of rotatable bonds is 7. The van der Waals surface area contributed by atoms with Crippen LogP contribution in [-0.4, -0.2) is 44.8 Å². The molecule has 3 amide bonds. The Morgan fingerprint density at radius 1 is 1.43 bits per heavy atom. The molecular weight excluding hydrogens is 316 g/mol. The maximum atomic E-state index is 12.2. The molecule has 0 aliphatic heterocycles. The van der Waals surface area contributed by atoms with E-state index in [1.807, 2.05) is 6.26 Å². The van der Waals surface area contributed by atoms with Crippen LogP contribution in [-0.2, 0) is 4.79 Å². The zero-order valence-electron chi connectivity index (χ0n) is 12.6. The molecule has 2 heterocycles. The molecule has 2 aromatic rings. The van der Waals surface area contributed by atoms with Crippen LogP contribution in [0.15, 0.2) is 36.8 Å². The molecule has 122 valence electrons. The molecule has 0 fully saturated rings. The molecule has 2 aromatic heterocycles. The molecule has 0 radical (unpaired) electrons. The van der Waals surface area contributed by atoms with Crippen LogP contribution in [0.2, 0.25) is 0 Å². The summed E-state index contributed by atoms with van der Waals surface area (Å²) in [6.07, 6.45) is 7.38. The molecule has 0 aliphatic carbocycles. The van der Waals surface area contributed by atoms with Crippen LogP contribution in [0.3, 0.4) is 0 Å². The fourth-order valence-corrected chi connectivity index (χ4v) is 2.38. The number of amides is 3. The van der Waals surface area contributed by atoms with Crippen LogP contribution in [0.4, 0.5) is 10.5 Å². The summed E-state index contributed by atoms with van der Waals surface area (Å²) in [6.45, 7) is 0.